The highest BCUT2D eigenvalue weighted by atomic mass is 35.5. The number of halogens is 1. The smallest absolute Gasteiger partial charge is 0.173 e. The molecule has 160 valence electrons. The van der Waals surface area contributed by atoms with Crippen LogP contribution in [0.2, 0.25) is 0 Å². The molecule has 8 nitrogen and oxygen atoms in total. The van der Waals surface area contributed by atoms with Crippen LogP contribution in [0.3, 0.4) is 0 Å². The third-order valence-electron chi connectivity index (χ3n) is 5.36. The van der Waals surface area contributed by atoms with Crippen LogP contribution in [-0.4, -0.2) is 57.6 Å². The quantitative estimate of drug-likeness (QED) is 0.615. The second-order valence-electron chi connectivity index (χ2n) is 7.08. The van der Waals surface area contributed by atoms with Gasteiger partial charge in [0.25, 0.3) is 0 Å². The third-order valence-corrected chi connectivity index (χ3v) is 5.36. The number of ether oxygens (including phenoxy) is 2. The van der Waals surface area contributed by atoms with Crippen molar-refractivity contribution in [2.24, 2.45) is 0 Å². The summed E-state index contributed by atoms with van der Waals surface area (Å²) in [6.45, 7) is 2.75. The van der Waals surface area contributed by atoms with Crippen molar-refractivity contribution in [2.75, 3.05) is 27.4 Å². The van der Waals surface area contributed by atoms with E-state index in [-0.39, 0.29) is 24.2 Å². The number of phenolic OH excluding ortho intramolecular Hbond substituents is 1. The lowest BCUT2D eigenvalue weighted by Gasteiger charge is -2.35. The number of benzene rings is 2. The number of methoxy groups -OCH3 is 2. The highest BCUT2D eigenvalue weighted by Gasteiger charge is 2.31. The number of hydrogen-bond acceptors (Lipinski definition) is 7. The molecule has 2 aromatic carbocycles. The molecule has 1 atom stereocenters. The molecule has 0 fully saturated rings. The third kappa shape index (κ3) is 4.40. The van der Waals surface area contributed by atoms with Crippen molar-refractivity contribution in [3.63, 3.8) is 0 Å². The van der Waals surface area contributed by atoms with Crippen LogP contribution in [0.25, 0.3) is 0 Å². The zero-order chi connectivity index (χ0) is 20.2. The second kappa shape index (κ2) is 9.88. The maximum Gasteiger partial charge on any atom is 0.173 e. The van der Waals surface area contributed by atoms with Gasteiger partial charge < -0.3 is 14.6 Å². The number of aromatic hydroxyl groups is 1. The summed E-state index contributed by atoms with van der Waals surface area (Å²) in [4.78, 5) is 2.36. The molecule has 0 bridgehead atoms. The summed E-state index contributed by atoms with van der Waals surface area (Å²) in [7, 11) is 3.21. The normalized spacial score (nSPS) is 14.6. The van der Waals surface area contributed by atoms with Gasteiger partial charge in [0, 0.05) is 20.2 Å². The van der Waals surface area contributed by atoms with Crippen LogP contribution in [0.5, 0.6) is 11.5 Å². The highest BCUT2D eigenvalue weighted by Crippen LogP contribution is 2.36. The minimum absolute atomic E-state index is 0. The fourth-order valence-corrected chi connectivity index (χ4v) is 3.87. The topological polar surface area (TPSA) is 85.5 Å². The van der Waals surface area contributed by atoms with E-state index in [4.69, 9.17) is 9.47 Å². The largest absolute Gasteiger partial charge is 0.504 e. The van der Waals surface area contributed by atoms with E-state index in [1.165, 1.54) is 11.1 Å². The lowest BCUT2D eigenvalue weighted by Crippen LogP contribution is -2.36. The van der Waals surface area contributed by atoms with Crippen molar-refractivity contribution in [3.8, 4) is 11.5 Å². The summed E-state index contributed by atoms with van der Waals surface area (Å²) in [5, 5.41) is 22.5. The standard InChI is InChI=1S/C21H25N5O3.ClH/c1-28-12-11-26-21(22-23-24-26)20(16-7-8-18(27)19(13-16)29-2)25-10-9-15-5-3-4-6-17(15)14-25;/h3-8,13,20,27H,9-12,14H2,1-2H3;1H. The van der Waals surface area contributed by atoms with Crippen molar-refractivity contribution in [2.45, 2.75) is 25.6 Å². The zero-order valence-corrected chi connectivity index (χ0v) is 17.9. The van der Waals surface area contributed by atoms with Crippen molar-refractivity contribution in [3.05, 3.63) is 65.0 Å². The molecular weight excluding hydrogens is 406 g/mol. The second-order valence-corrected chi connectivity index (χ2v) is 7.08. The molecule has 1 aromatic heterocycles. The number of aromatic nitrogens is 4. The van der Waals surface area contributed by atoms with E-state index in [0.717, 1.165) is 30.9 Å². The van der Waals surface area contributed by atoms with Gasteiger partial charge >= 0.3 is 0 Å². The predicted octanol–water partition coefficient (Wildman–Crippen LogP) is 2.60. The summed E-state index contributed by atoms with van der Waals surface area (Å²) in [5.74, 6) is 1.29. The molecule has 2 heterocycles. The Hall–Kier alpha value is -2.68. The molecular formula is C21H26ClN5O3. The zero-order valence-electron chi connectivity index (χ0n) is 17.1. The first-order valence-corrected chi connectivity index (χ1v) is 9.64. The number of fused-ring (bicyclic) bond motifs is 1. The maximum atomic E-state index is 10.1. The fraction of sp³-hybridized carbons (Fsp3) is 0.381. The molecule has 1 N–H and O–H groups in total. The van der Waals surface area contributed by atoms with Crippen molar-refractivity contribution in [1.82, 2.24) is 25.1 Å². The summed E-state index contributed by atoms with van der Waals surface area (Å²) >= 11 is 0. The first-order chi connectivity index (χ1) is 14.2. The monoisotopic (exact) mass is 431 g/mol. The molecule has 0 aliphatic carbocycles. The van der Waals surface area contributed by atoms with Gasteiger partial charge in [-0.05, 0) is 45.7 Å². The fourth-order valence-electron chi connectivity index (χ4n) is 3.87. The average Bonchev–Trinajstić information content (AvgIpc) is 3.21. The molecule has 0 amide bonds. The first kappa shape index (κ1) is 22.0. The van der Waals surface area contributed by atoms with Crippen LogP contribution in [0.4, 0.5) is 0 Å². The molecule has 1 aliphatic rings. The average molecular weight is 432 g/mol. The van der Waals surface area contributed by atoms with E-state index < -0.39 is 0 Å². The van der Waals surface area contributed by atoms with Crippen LogP contribution in [0, 0.1) is 0 Å². The Balaban J connectivity index is 0.00000256. The maximum absolute atomic E-state index is 10.1. The highest BCUT2D eigenvalue weighted by molar-refractivity contribution is 5.85. The van der Waals surface area contributed by atoms with Gasteiger partial charge in [0.2, 0.25) is 0 Å². The predicted molar refractivity (Wildman–Crippen MR) is 114 cm³/mol. The van der Waals surface area contributed by atoms with Crippen molar-refractivity contribution in [1.29, 1.82) is 0 Å². The van der Waals surface area contributed by atoms with Gasteiger partial charge in [-0.3, -0.25) is 4.90 Å². The van der Waals surface area contributed by atoms with Crippen molar-refractivity contribution < 1.29 is 14.6 Å². The lowest BCUT2D eigenvalue weighted by atomic mass is 9.96. The Morgan fingerprint density at radius 3 is 2.70 bits per heavy atom. The van der Waals surface area contributed by atoms with E-state index in [1.807, 2.05) is 12.1 Å². The molecule has 0 radical (unpaired) electrons. The molecule has 3 aromatic rings. The molecule has 0 saturated heterocycles. The van der Waals surface area contributed by atoms with Crippen molar-refractivity contribution >= 4 is 12.4 Å². The van der Waals surface area contributed by atoms with Crippen LogP contribution < -0.4 is 4.74 Å². The number of nitrogens with zero attached hydrogens (tertiary/aromatic N) is 5. The van der Waals surface area contributed by atoms with Gasteiger partial charge in [-0.25, -0.2) is 4.68 Å². The van der Waals surface area contributed by atoms with Crippen LogP contribution in [-0.2, 0) is 24.2 Å². The minimum Gasteiger partial charge on any atom is -0.504 e. The van der Waals surface area contributed by atoms with Gasteiger partial charge in [0.15, 0.2) is 17.3 Å². The number of hydrogen-bond donors (Lipinski definition) is 1. The van der Waals surface area contributed by atoms with E-state index >= 15 is 0 Å². The summed E-state index contributed by atoms with van der Waals surface area (Å²) in [6.07, 6.45) is 0.960. The SMILES string of the molecule is COCCn1nnnc1C(c1ccc(O)c(OC)c1)N1CCc2ccccc2C1.Cl. The Labute approximate surface area is 181 Å². The molecule has 0 saturated carbocycles. The first-order valence-electron chi connectivity index (χ1n) is 9.64. The van der Waals surface area contributed by atoms with Crippen LogP contribution >= 0.6 is 12.4 Å². The van der Waals surface area contributed by atoms with Gasteiger partial charge in [-0.15, -0.1) is 17.5 Å². The Morgan fingerprint density at radius 1 is 1.13 bits per heavy atom. The molecule has 1 unspecified atom stereocenters. The Kier molecular flexibility index (Phi) is 7.25. The van der Waals surface area contributed by atoms with Crippen LogP contribution in [0.1, 0.15) is 28.6 Å². The Morgan fingerprint density at radius 2 is 1.93 bits per heavy atom. The number of tetrazole rings is 1. The molecule has 30 heavy (non-hydrogen) atoms. The summed E-state index contributed by atoms with van der Waals surface area (Å²) < 4.78 is 12.3. The van der Waals surface area contributed by atoms with E-state index in [9.17, 15) is 5.11 Å². The van der Waals surface area contributed by atoms with E-state index in [1.54, 1.807) is 25.0 Å². The molecule has 0 spiro atoms. The van der Waals surface area contributed by atoms with Gasteiger partial charge in [-0.1, -0.05) is 30.3 Å². The molecule has 9 heteroatoms. The van der Waals surface area contributed by atoms with E-state index in [0.29, 0.717) is 18.9 Å². The van der Waals surface area contributed by atoms with E-state index in [2.05, 4.69) is 44.7 Å². The van der Waals surface area contributed by atoms with Gasteiger partial charge in [0.05, 0.1) is 26.3 Å². The molecule has 4 rings (SSSR count). The minimum atomic E-state index is -0.176. The number of phenols is 1. The Bertz CT molecular complexity index is 981. The van der Waals surface area contributed by atoms with Gasteiger partial charge in [0.1, 0.15) is 0 Å². The van der Waals surface area contributed by atoms with Crippen LogP contribution in [0.15, 0.2) is 42.5 Å². The molecule has 1 aliphatic heterocycles. The number of rotatable bonds is 7. The summed E-state index contributed by atoms with van der Waals surface area (Å²) in [5.41, 5.74) is 3.66. The van der Waals surface area contributed by atoms with Gasteiger partial charge in [-0.2, -0.15) is 0 Å². The summed E-state index contributed by atoms with van der Waals surface area (Å²) in [6, 6.07) is 13.8. The lowest BCUT2D eigenvalue weighted by molar-refractivity contribution is 0.169.